The van der Waals surface area contributed by atoms with E-state index >= 15 is 0 Å². The first-order valence-corrected chi connectivity index (χ1v) is 15.8. The van der Waals surface area contributed by atoms with Crippen LogP contribution in [-0.4, -0.2) is 51.6 Å². The Labute approximate surface area is 242 Å². The molecular weight excluding hydrogens is 541 g/mol. The van der Waals surface area contributed by atoms with Gasteiger partial charge in [0.2, 0.25) is 15.9 Å². The Morgan fingerprint density at radius 3 is 2.10 bits per heavy atom. The fraction of sp³-hybridized carbons (Fsp3) is 0.406. The average molecular weight is 580 g/mol. The largest absolute Gasteiger partial charge is 0.379 e. The average Bonchev–Trinajstić information content (AvgIpc) is 2.98. The third-order valence-electron chi connectivity index (χ3n) is 8.11. The van der Waals surface area contributed by atoms with E-state index < -0.39 is 10.0 Å². The normalized spacial score (nSPS) is 20.8. The molecule has 2 fully saturated rings. The van der Waals surface area contributed by atoms with Gasteiger partial charge in [-0.2, -0.15) is 0 Å². The smallest absolute Gasteiger partial charge is 0.240 e. The van der Waals surface area contributed by atoms with Gasteiger partial charge >= 0.3 is 0 Å². The molecule has 1 atom stereocenters. The Hall–Kier alpha value is -3.11. The first kappa shape index (κ1) is 29.4. The van der Waals surface area contributed by atoms with Gasteiger partial charge in [-0.05, 0) is 79.1 Å². The number of carbonyl (C=O) groups excluding carboxylic acids is 1. The highest BCUT2D eigenvalue weighted by Gasteiger charge is 2.30. The summed E-state index contributed by atoms with van der Waals surface area (Å²) in [7, 11) is -3.68. The molecule has 1 aliphatic heterocycles. The standard InChI is InChI=1S/C32H38FN3O4S/c1-23(25-6-12-29(33)13-7-25)34-32(37)28-8-14-30(15-9-28)35-41(38,39)31-16-10-27(11-17-31)26-4-2-24(3-5-26)22-36-18-20-40-21-19-36/h2-7,10-13,16-17,23,28,30,35H,8-9,14-15,18-22H2,1H3,(H,34,37)/t23-,28?,30?/m1/s1. The lowest BCUT2D eigenvalue weighted by molar-refractivity contribution is -0.126. The number of hydrogen-bond donors (Lipinski definition) is 2. The van der Waals surface area contributed by atoms with E-state index in [0.717, 1.165) is 49.5 Å². The number of amides is 1. The minimum Gasteiger partial charge on any atom is -0.379 e. The van der Waals surface area contributed by atoms with Crippen molar-refractivity contribution < 1.29 is 22.3 Å². The first-order valence-electron chi connectivity index (χ1n) is 14.3. The summed E-state index contributed by atoms with van der Waals surface area (Å²) in [5.41, 5.74) is 4.09. The molecular formula is C32H38FN3O4S. The maximum atomic E-state index is 13.2. The number of carbonyl (C=O) groups is 1. The maximum Gasteiger partial charge on any atom is 0.240 e. The van der Waals surface area contributed by atoms with Gasteiger partial charge in [-0.3, -0.25) is 9.69 Å². The van der Waals surface area contributed by atoms with Crippen molar-refractivity contribution in [2.24, 2.45) is 5.92 Å². The van der Waals surface area contributed by atoms with Crippen LogP contribution in [0.25, 0.3) is 11.1 Å². The van der Waals surface area contributed by atoms with Crippen LogP contribution in [0.2, 0.25) is 0 Å². The summed E-state index contributed by atoms with van der Waals surface area (Å²) in [5, 5.41) is 3.01. The molecule has 0 spiro atoms. The number of morpholine rings is 1. The number of nitrogens with zero attached hydrogens (tertiary/aromatic N) is 1. The number of nitrogens with one attached hydrogen (secondary N) is 2. The maximum absolute atomic E-state index is 13.2. The van der Waals surface area contributed by atoms with Crippen molar-refractivity contribution in [1.29, 1.82) is 0 Å². The predicted octanol–water partition coefficient (Wildman–Crippen LogP) is 5.04. The number of rotatable bonds is 9. The molecule has 0 radical (unpaired) electrons. The zero-order valence-corrected chi connectivity index (χ0v) is 24.2. The lowest BCUT2D eigenvalue weighted by Crippen LogP contribution is -2.41. The summed E-state index contributed by atoms with van der Waals surface area (Å²) in [6, 6.07) is 21.0. The number of hydrogen-bond acceptors (Lipinski definition) is 5. The molecule has 3 aromatic rings. The number of ether oxygens (including phenoxy) is 1. The number of sulfonamides is 1. The van der Waals surface area contributed by atoms with Crippen molar-refractivity contribution in [3.63, 3.8) is 0 Å². The molecule has 1 saturated carbocycles. The molecule has 0 aromatic heterocycles. The monoisotopic (exact) mass is 579 g/mol. The molecule has 2 aliphatic rings. The van der Waals surface area contributed by atoms with Crippen LogP contribution in [-0.2, 0) is 26.1 Å². The minimum absolute atomic E-state index is 0.0483. The van der Waals surface area contributed by atoms with E-state index in [1.165, 1.54) is 17.7 Å². The Kier molecular flexibility index (Phi) is 9.49. The van der Waals surface area contributed by atoms with Crippen molar-refractivity contribution >= 4 is 15.9 Å². The predicted molar refractivity (Wildman–Crippen MR) is 157 cm³/mol. The first-order chi connectivity index (χ1) is 19.8. The molecule has 0 unspecified atom stereocenters. The van der Waals surface area contributed by atoms with Crippen LogP contribution in [0.3, 0.4) is 0 Å². The zero-order valence-electron chi connectivity index (χ0n) is 23.4. The van der Waals surface area contributed by atoms with Crippen LogP contribution >= 0.6 is 0 Å². The quantitative estimate of drug-likeness (QED) is 0.371. The van der Waals surface area contributed by atoms with E-state index in [2.05, 4.69) is 39.2 Å². The van der Waals surface area contributed by atoms with Gasteiger partial charge in [0.15, 0.2) is 0 Å². The fourth-order valence-electron chi connectivity index (χ4n) is 5.57. The Balaban J connectivity index is 1.11. The Morgan fingerprint density at radius 2 is 1.49 bits per heavy atom. The molecule has 5 rings (SSSR count). The molecule has 41 heavy (non-hydrogen) atoms. The SMILES string of the molecule is C[C@@H](NC(=O)C1CCC(NS(=O)(=O)c2ccc(-c3ccc(CN4CCOCC4)cc3)cc2)CC1)c1ccc(F)cc1. The van der Waals surface area contributed by atoms with E-state index in [4.69, 9.17) is 4.74 Å². The zero-order chi connectivity index (χ0) is 28.8. The van der Waals surface area contributed by atoms with Gasteiger partial charge in [-0.25, -0.2) is 17.5 Å². The van der Waals surface area contributed by atoms with Gasteiger partial charge in [-0.1, -0.05) is 48.5 Å². The molecule has 1 aliphatic carbocycles. The fourth-order valence-corrected chi connectivity index (χ4v) is 6.88. The van der Waals surface area contributed by atoms with Crippen LogP contribution in [0.1, 0.15) is 49.8 Å². The van der Waals surface area contributed by atoms with Gasteiger partial charge in [-0.15, -0.1) is 0 Å². The highest BCUT2D eigenvalue weighted by molar-refractivity contribution is 7.89. The Morgan fingerprint density at radius 1 is 0.902 bits per heavy atom. The Bertz CT molecular complexity index is 1400. The molecule has 1 saturated heterocycles. The number of halogens is 1. The van der Waals surface area contributed by atoms with Crippen LogP contribution in [0.4, 0.5) is 4.39 Å². The number of benzene rings is 3. The third-order valence-corrected chi connectivity index (χ3v) is 9.65. The molecule has 7 nitrogen and oxygen atoms in total. The van der Waals surface area contributed by atoms with Crippen molar-refractivity contribution in [1.82, 2.24) is 14.9 Å². The summed E-state index contributed by atoms with van der Waals surface area (Å²) in [5.74, 6) is -0.528. The van der Waals surface area contributed by atoms with Crippen LogP contribution in [0.5, 0.6) is 0 Å². The minimum atomic E-state index is -3.68. The highest BCUT2D eigenvalue weighted by atomic mass is 32.2. The summed E-state index contributed by atoms with van der Waals surface area (Å²) < 4.78 is 47.6. The molecule has 1 amide bonds. The van der Waals surface area contributed by atoms with Crippen molar-refractivity contribution in [2.75, 3.05) is 26.3 Å². The van der Waals surface area contributed by atoms with Crippen LogP contribution in [0.15, 0.2) is 77.7 Å². The molecule has 0 bridgehead atoms. The molecule has 9 heteroatoms. The van der Waals surface area contributed by atoms with E-state index in [1.54, 1.807) is 24.3 Å². The second kappa shape index (κ2) is 13.2. The van der Waals surface area contributed by atoms with Gasteiger partial charge in [0.25, 0.3) is 0 Å². The highest BCUT2D eigenvalue weighted by Crippen LogP contribution is 2.28. The molecule has 1 heterocycles. The second-order valence-electron chi connectivity index (χ2n) is 11.1. The summed E-state index contributed by atoms with van der Waals surface area (Å²) in [4.78, 5) is 15.4. The van der Waals surface area contributed by atoms with Gasteiger partial charge in [0, 0.05) is 31.6 Å². The van der Waals surface area contributed by atoms with Crippen LogP contribution < -0.4 is 10.0 Å². The summed E-state index contributed by atoms with van der Waals surface area (Å²) in [6.07, 6.45) is 2.40. The summed E-state index contributed by atoms with van der Waals surface area (Å²) >= 11 is 0. The van der Waals surface area contributed by atoms with E-state index in [9.17, 15) is 17.6 Å². The third kappa shape index (κ3) is 7.80. The molecule has 218 valence electrons. The van der Waals surface area contributed by atoms with Crippen molar-refractivity contribution in [3.05, 3.63) is 89.7 Å². The second-order valence-corrected chi connectivity index (χ2v) is 12.8. The van der Waals surface area contributed by atoms with E-state index in [-0.39, 0.29) is 34.6 Å². The molecule has 2 N–H and O–H groups in total. The molecule has 3 aromatic carbocycles. The lowest BCUT2D eigenvalue weighted by Gasteiger charge is -2.29. The lowest BCUT2D eigenvalue weighted by atomic mass is 9.85. The summed E-state index contributed by atoms with van der Waals surface area (Å²) in [6.45, 7) is 6.22. The topological polar surface area (TPSA) is 87.7 Å². The van der Waals surface area contributed by atoms with E-state index in [1.807, 2.05) is 19.1 Å². The van der Waals surface area contributed by atoms with Gasteiger partial charge in [0.1, 0.15) is 5.82 Å². The van der Waals surface area contributed by atoms with Crippen molar-refractivity contribution in [3.8, 4) is 11.1 Å². The van der Waals surface area contributed by atoms with Crippen LogP contribution in [0, 0.1) is 11.7 Å². The van der Waals surface area contributed by atoms with E-state index in [0.29, 0.717) is 25.7 Å². The van der Waals surface area contributed by atoms with Gasteiger partial charge in [0.05, 0.1) is 24.2 Å². The van der Waals surface area contributed by atoms with Gasteiger partial charge < -0.3 is 10.1 Å². The van der Waals surface area contributed by atoms with Crippen molar-refractivity contribution in [2.45, 2.75) is 56.1 Å².